The number of benzene rings is 1. The molecule has 0 bridgehead atoms. The summed E-state index contributed by atoms with van der Waals surface area (Å²) in [6.45, 7) is 4.57. The predicted molar refractivity (Wildman–Crippen MR) is 73.4 cm³/mol. The molecule has 0 amide bonds. The van der Waals surface area contributed by atoms with Gasteiger partial charge in [0.2, 0.25) is 0 Å². The van der Waals surface area contributed by atoms with Crippen molar-refractivity contribution in [3.8, 4) is 0 Å². The van der Waals surface area contributed by atoms with Crippen LogP contribution in [0.15, 0.2) is 36.4 Å². The molecule has 0 aliphatic heterocycles. The maximum atomic E-state index is 2.33. The first-order chi connectivity index (χ1) is 7.83. The lowest BCUT2D eigenvalue weighted by Gasteiger charge is -2.05. The maximum absolute atomic E-state index is 2.33. The van der Waals surface area contributed by atoms with E-state index in [0.29, 0.717) is 5.92 Å². The molecule has 0 heterocycles. The second-order valence-corrected chi connectivity index (χ2v) is 4.60. The van der Waals surface area contributed by atoms with Crippen LogP contribution in [0.2, 0.25) is 0 Å². The molecule has 1 unspecified atom stereocenters. The molecular weight excluding hydrogens is 192 g/mol. The summed E-state index contributed by atoms with van der Waals surface area (Å²) in [5.41, 5.74) is 1.31. The molecule has 0 heteroatoms. The van der Waals surface area contributed by atoms with Crippen LogP contribution in [0.3, 0.4) is 0 Å². The lowest BCUT2D eigenvalue weighted by Crippen LogP contribution is -1.89. The van der Waals surface area contributed by atoms with Gasteiger partial charge >= 0.3 is 0 Å². The van der Waals surface area contributed by atoms with Gasteiger partial charge in [-0.3, -0.25) is 0 Å². The SMILES string of the molecule is CCCCCCC(C)/C=C/c1ccccc1. The monoisotopic (exact) mass is 216 g/mol. The van der Waals surface area contributed by atoms with Gasteiger partial charge in [0.25, 0.3) is 0 Å². The normalized spacial score (nSPS) is 13.1. The minimum absolute atomic E-state index is 0.706. The molecule has 88 valence electrons. The van der Waals surface area contributed by atoms with Crippen LogP contribution >= 0.6 is 0 Å². The Hall–Kier alpha value is -1.04. The lowest BCUT2D eigenvalue weighted by molar-refractivity contribution is 0.562. The number of hydrogen-bond donors (Lipinski definition) is 0. The van der Waals surface area contributed by atoms with Gasteiger partial charge in [0, 0.05) is 0 Å². The van der Waals surface area contributed by atoms with Crippen LogP contribution in [0.5, 0.6) is 0 Å². The van der Waals surface area contributed by atoms with Crippen LogP contribution in [-0.2, 0) is 0 Å². The van der Waals surface area contributed by atoms with Crippen molar-refractivity contribution in [3.05, 3.63) is 42.0 Å². The Morgan fingerprint density at radius 2 is 1.81 bits per heavy atom. The van der Waals surface area contributed by atoms with E-state index in [1.165, 1.54) is 37.7 Å². The Balaban J connectivity index is 2.23. The average molecular weight is 216 g/mol. The summed E-state index contributed by atoms with van der Waals surface area (Å²) < 4.78 is 0. The highest BCUT2D eigenvalue weighted by molar-refractivity contribution is 5.48. The largest absolute Gasteiger partial charge is 0.0811 e. The second-order valence-electron chi connectivity index (χ2n) is 4.60. The first-order valence-electron chi connectivity index (χ1n) is 6.56. The minimum Gasteiger partial charge on any atom is -0.0811 e. The van der Waals surface area contributed by atoms with E-state index in [4.69, 9.17) is 0 Å². The van der Waals surface area contributed by atoms with E-state index in [1.807, 2.05) is 0 Å². The second kappa shape index (κ2) is 8.15. The Morgan fingerprint density at radius 3 is 2.50 bits per heavy atom. The molecule has 1 aromatic rings. The molecule has 0 saturated heterocycles. The molecule has 0 aliphatic rings. The molecule has 16 heavy (non-hydrogen) atoms. The highest BCUT2D eigenvalue weighted by atomic mass is 14.0. The van der Waals surface area contributed by atoms with E-state index in [-0.39, 0.29) is 0 Å². The maximum Gasteiger partial charge on any atom is -0.0259 e. The Morgan fingerprint density at radius 1 is 1.06 bits per heavy atom. The molecule has 1 atom stereocenters. The molecule has 0 aliphatic carbocycles. The predicted octanol–water partition coefficient (Wildman–Crippen LogP) is 5.31. The number of hydrogen-bond acceptors (Lipinski definition) is 0. The summed E-state index contributed by atoms with van der Waals surface area (Å²) >= 11 is 0. The first-order valence-corrected chi connectivity index (χ1v) is 6.56. The molecule has 0 fully saturated rings. The Bertz CT molecular complexity index is 284. The fourth-order valence-corrected chi connectivity index (χ4v) is 1.83. The van der Waals surface area contributed by atoms with Gasteiger partial charge in [-0.25, -0.2) is 0 Å². The summed E-state index contributed by atoms with van der Waals surface area (Å²) in [5, 5.41) is 0. The van der Waals surface area contributed by atoms with Gasteiger partial charge in [0.1, 0.15) is 0 Å². The zero-order valence-electron chi connectivity index (χ0n) is 10.7. The van der Waals surface area contributed by atoms with E-state index in [0.717, 1.165) is 0 Å². The molecule has 0 aromatic heterocycles. The van der Waals surface area contributed by atoms with Crippen LogP contribution in [-0.4, -0.2) is 0 Å². The molecule has 0 spiro atoms. The van der Waals surface area contributed by atoms with E-state index in [1.54, 1.807) is 0 Å². The summed E-state index contributed by atoms with van der Waals surface area (Å²) in [4.78, 5) is 0. The topological polar surface area (TPSA) is 0 Å². The number of unbranched alkanes of at least 4 members (excludes halogenated alkanes) is 3. The van der Waals surface area contributed by atoms with Gasteiger partial charge in [-0.2, -0.15) is 0 Å². The zero-order chi connectivity index (χ0) is 11.6. The van der Waals surface area contributed by atoms with Crippen molar-refractivity contribution in [1.29, 1.82) is 0 Å². The lowest BCUT2D eigenvalue weighted by atomic mass is 10.0. The Labute approximate surface area is 100 Å². The fraction of sp³-hybridized carbons (Fsp3) is 0.500. The van der Waals surface area contributed by atoms with Gasteiger partial charge in [-0.1, -0.05) is 82.0 Å². The minimum atomic E-state index is 0.706. The van der Waals surface area contributed by atoms with Crippen LogP contribution in [0, 0.1) is 5.92 Å². The highest BCUT2D eigenvalue weighted by Gasteiger charge is 1.96. The quantitative estimate of drug-likeness (QED) is 0.542. The summed E-state index contributed by atoms with van der Waals surface area (Å²) in [6, 6.07) is 10.5. The van der Waals surface area contributed by atoms with Crippen molar-refractivity contribution >= 4 is 6.08 Å². The number of rotatable bonds is 7. The van der Waals surface area contributed by atoms with Crippen molar-refractivity contribution in [2.45, 2.75) is 46.0 Å². The van der Waals surface area contributed by atoms with Crippen molar-refractivity contribution < 1.29 is 0 Å². The first kappa shape index (κ1) is 13.0. The molecule has 0 radical (unpaired) electrons. The van der Waals surface area contributed by atoms with Crippen molar-refractivity contribution in [2.75, 3.05) is 0 Å². The van der Waals surface area contributed by atoms with Crippen LogP contribution in [0.25, 0.3) is 6.08 Å². The van der Waals surface area contributed by atoms with Crippen molar-refractivity contribution in [3.63, 3.8) is 0 Å². The van der Waals surface area contributed by atoms with Gasteiger partial charge in [0.05, 0.1) is 0 Å². The van der Waals surface area contributed by atoms with Gasteiger partial charge in [0.15, 0.2) is 0 Å². The summed E-state index contributed by atoms with van der Waals surface area (Å²) in [5.74, 6) is 0.706. The molecule has 0 N–H and O–H groups in total. The van der Waals surface area contributed by atoms with E-state index in [2.05, 4.69) is 56.3 Å². The third-order valence-corrected chi connectivity index (χ3v) is 2.93. The smallest absolute Gasteiger partial charge is 0.0259 e. The van der Waals surface area contributed by atoms with Crippen molar-refractivity contribution in [1.82, 2.24) is 0 Å². The van der Waals surface area contributed by atoms with Gasteiger partial charge < -0.3 is 0 Å². The van der Waals surface area contributed by atoms with Crippen molar-refractivity contribution in [2.24, 2.45) is 5.92 Å². The van der Waals surface area contributed by atoms with Gasteiger partial charge in [-0.05, 0) is 17.9 Å². The highest BCUT2D eigenvalue weighted by Crippen LogP contribution is 2.13. The fourth-order valence-electron chi connectivity index (χ4n) is 1.83. The molecule has 0 nitrogen and oxygen atoms in total. The number of allylic oxidation sites excluding steroid dienone is 1. The van der Waals surface area contributed by atoms with E-state index < -0.39 is 0 Å². The standard InChI is InChI=1S/C16H24/c1-3-4-5-7-10-15(2)13-14-16-11-8-6-9-12-16/h6,8-9,11-15H,3-5,7,10H2,1-2H3/b14-13+. The molecule has 1 aromatic carbocycles. The van der Waals surface area contributed by atoms with E-state index in [9.17, 15) is 0 Å². The van der Waals surface area contributed by atoms with E-state index >= 15 is 0 Å². The van der Waals surface area contributed by atoms with Gasteiger partial charge in [-0.15, -0.1) is 0 Å². The Kier molecular flexibility index (Phi) is 6.64. The molecular formula is C16H24. The molecule has 0 saturated carbocycles. The summed E-state index contributed by atoms with van der Waals surface area (Å²) in [6.07, 6.45) is 11.4. The third-order valence-electron chi connectivity index (χ3n) is 2.93. The van der Waals surface area contributed by atoms with Crippen LogP contribution < -0.4 is 0 Å². The molecule has 1 rings (SSSR count). The average Bonchev–Trinajstić information content (AvgIpc) is 2.33. The summed E-state index contributed by atoms with van der Waals surface area (Å²) in [7, 11) is 0. The third kappa shape index (κ3) is 5.75. The van der Waals surface area contributed by atoms with Crippen LogP contribution in [0.4, 0.5) is 0 Å². The zero-order valence-corrected chi connectivity index (χ0v) is 10.7. The van der Waals surface area contributed by atoms with Crippen LogP contribution in [0.1, 0.15) is 51.5 Å².